The van der Waals surface area contributed by atoms with E-state index >= 15 is 0 Å². The molecule has 1 aromatic carbocycles. The number of rotatable bonds is 2. The molecular weight excluding hydrogens is 286 g/mol. The molecule has 0 unspecified atom stereocenters. The summed E-state index contributed by atoms with van der Waals surface area (Å²) in [5.41, 5.74) is 1.38. The van der Waals surface area contributed by atoms with Crippen LogP contribution >= 0.6 is 15.9 Å². The maximum Gasteiger partial charge on any atom is 0.313 e. The maximum atomic E-state index is 11.4. The fourth-order valence-corrected chi connectivity index (χ4v) is 1.49. The van der Waals surface area contributed by atoms with Crippen LogP contribution in [0.5, 0.6) is 0 Å². The van der Waals surface area contributed by atoms with Gasteiger partial charge >= 0.3 is 11.8 Å². The molecule has 1 aromatic rings. The summed E-state index contributed by atoms with van der Waals surface area (Å²) in [4.78, 5) is 22.7. The van der Waals surface area contributed by atoms with Crippen LogP contribution in [0.25, 0.3) is 0 Å². The van der Waals surface area contributed by atoms with Crippen LogP contribution in [0.4, 0.5) is 5.69 Å². The van der Waals surface area contributed by atoms with E-state index in [9.17, 15) is 9.59 Å². The lowest BCUT2D eigenvalue weighted by Crippen LogP contribution is -2.35. The molecule has 2 amide bonds. The van der Waals surface area contributed by atoms with E-state index in [0.29, 0.717) is 5.69 Å². The van der Waals surface area contributed by atoms with Crippen molar-refractivity contribution in [3.05, 3.63) is 28.2 Å². The Morgan fingerprint density at radius 2 is 2.12 bits per heavy atom. The summed E-state index contributed by atoms with van der Waals surface area (Å²) in [6, 6.07) is 6.99. The molecule has 2 N–H and O–H groups in total. The lowest BCUT2D eigenvalue weighted by atomic mass is 10.2. The smallest absolute Gasteiger partial charge is 0.313 e. The summed E-state index contributed by atoms with van der Waals surface area (Å²) in [5.74, 6) is -1.62. The van der Waals surface area contributed by atoms with Gasteiger partial charge in [0.15, 0.2) is 0 Å². The molecular formula is C11H10BrN3O2. The number of carbonyl (C=O) groups is 2. The van der Waals surface area contributed by atoms with Crippen LogP contribution in [0.1, 0.15) is 5.56 Å². The van der Waals surface area contributed by atoms with Gasteiger partial charge in [-0.25, -0.2) is 0 Å². The van der Waals surface area contributed by atoms with Crippen molar-refractivity contribution in [2.45, 2.75) is 6.92 Å². The molecule has 88 valence electrons. The number of hydrogen-bond acceptors (Lipinski definition) is 3. The van der Waals surface area contributed by atoms with Gasteiger partial charge in [0, 0.05) is 10.2 Å². The molecule has 17 heavy (non-hydrogen) atoms. The highest BCUT2D eigenvalue weighted by Crippen LogP contribution is 2.23. The summed E-state index contributed by atoms with van der Waals surface area (Å²) in [7, 11) is 0. The van der Waals surface area contributed by atoms with Gasteiger partial charge in [-0.3, -0.25) is 9.59 Å². The first-order chi connectivity index (χ1) is 8.06. The van der Waals surface area contributed by atoms with Crippen molar-refractivity contribution in [3.8, 4) is 6.07 Å². The van der Waals surface area contributed by atoms with Crippen molar-refractivity contribution in [1.82, 2.24) is 5.32 Å². The maximum absolute atomic E-state index is 11.4. The van der Waals surface area contributed by atoms with E-state index in [-0.39, 0.29) is 6.54 Å². The van der Waals surface area contributed by atoms with Crippen LogP contribution in [0, 0.1) is 18.3 Å². The number of halogens is 1. The number of benzene rings is 1. The minimum Gasteiger partial charge on any atom is -0.335 e. The van der Waals surface area contributed by atoms with Crippen LogP contribution in [0.3, 0.4) is 0 Å². The van der Waals surface area contributed by atoms with Crippen LogP contribution < -0.4 is 10.6 Å². The Kier molecular flexibility index (Phi) is 4.67. The van der Waals surface area contributed by atoms with Gasteiger partial charge < -0.3 is 10.6 Å². The first-order valence-electron chi connectivity index (χ1n) is 4.77. The number of anilines is 1. The standard InChI is InChI=1S/C11H10BrN3O2/c1-7-8(12)3-2-4-9(7)15-11(17)10(16)14-6-5-13/h2-4H,6H2,1H3,(H,14,16)(H,15,17). The van der Waals surface area contributed by atoms with Crippen molar-refractivity contribution < 1.29 is 9.59 Å². The second-order valence-electron chi connectivity index (χ2n) is 3.21. The van der Waals surface area contributed by atoms with Crippen molar-refractivity contribution in [3.63, 3.8) is 0 Å². The third kappa shape index (κ3) is 3.57. The van der Waals surface area contributed by atoms with Crippen LogP contribution in [0.2, 0.25) is 0 Å². The van der Waals surface area contributed by atoms with E-state index in [1.54, 1.807) is 18.2 Å². The Hall–Kier alpha value is -1.87. The van der Waals surface area contributed by atoms with E-state index in [1.165, 1.54) is 0 Å². The lowest BCUT2D eigenvalue weighted by Gasteiger charge is -2.08. The highest BCUT2D eigenvalue weighted by atomic mass is 79.9. The van der Waals surface area contributed by atoms with Gasteiger partial charge in [0.1, 0.15) is 6.54 Å². The zero-order valence-electron chi connectivity index (χ0n) is 9.08. The minimum atomic E-state index is -0.828. The van der Waals surface area contributed by atoms with E-state index in [4.69, 9.17) is 5.26 Å². The molecule has 0 aromatic heterocycles. The number of hydrogen-bond donors (Lipinski definition) is 2. The van der Waals surface area contributed by atoms with E-state index in [0.717, 1.165) is 10.0 Å². The van der Waals surface area contributed by atoms with Gasteiger partial charge in [-0.05, 0) is 24.6 Å². The predicted molar refractivity (Wildman–Crippen MR) is 66.1 cm³/mol. The second-order valence-corrected chi connectivity index (χ2v) is 4.06. The molecule has 0 radical (unpaired) electrons. The molecule has 0 saturated carbocycles. The summed E-state index contributed by atoms with van der Waals surface area (Å²) >= 11 is 3.32. The third-order valence-electron chi connectivity index (χ3n) is 2.05. The van der Waals surface area contributed by atoms with Gasteiger partial charge in [0.2, 0.25) is 0 Å². The van der Waals surface area contributed by atoms with E-state index in [1.807, 2.05) is 13.0 Å². The minimum absolute atomic E-state index is 0.191. The zero-order chi connectivity index (χ0) is 12.8. The largest absolute Gasteiger partial charge is 0.335 e. The molecule has 0 atom stereocenters. The van der Waals surface area contributed by atoms with Gasteiger partial charge in [-0.1, -0.05) is 22.0 Å². The Balaban J connectivity index is 2.72. The predicted octanol–water partition coefficient (Wildman–Crippen LogP) is 1.34. The first-order valence-corrected chi connectivity index (χ1v) is 5.56. The fourth-order valence-electron chi connectivity index (χ4n) is 1.12. The molecule has 0 spiro atoms. The molecule has 0 bridgehead atoms. The average Bonchev–Trinajstić information content (AvgIpc) is 2.31. The van der Waals surface area contributed by atoms with Crippen LogP contribution in [0.15, 0.2) is 22.7 Å². The number of nitrogens with one attached hydrogen (secondary N) is 2. The quantitative estimate of drug-likeness (QED) is 0.638. The topological polar surface area (TPSA) is 82.0 Å². The van der Waals surface area contributed by atoms with E-state index < -0.39 is 11.8 Å². The van der Waals surface area contributed by atoms with Crippen LogP contribution in [-0.2, 0) is 9.59 Å². The normalized spacial score (nSPS) is 9.24. The molecule has 1 rings (SSSR count). The molecule has 0 aliphatic rings. The SMILES string of the molecule is Cc1c(Br)cccc1NC(=O)C(=O)NCC#N. The summed E-state index contributed by atoms with van der Waals surface area (Å²) in [5, 5.41) is 12.9. The Morgan fingerprint density at radius 3 is 2.76 bits per heavy atom. The molecule has 0 fully saturated rings. The summed E-state index contributed by atoms with van der Waals surface area (Å²) < 4.78 is 0.840. The molecule has 0 saturated heterocycles. The molecule has 0 aliphatic carbocycles. The second kappa shape index (κ2) is 6.01. The van der Waals surface area contributed by atoms with Gasteiger partial charge in [-0.2, -0.15) is 5.26 Å². The van der Waals surface area contributed by atoms with Gasteiger partial charge in [0.25, 0.3) is 0 Å². The van der Waals surface area contributed by atoms with Gasteiger partial charge in [0.05, 0.1) is 6.07 Å². The van der Waals surface area contributed by atoms with Crippen molar-refractivity contribution in [2.24, 2.45) is 0 Å². The highest BCUT2D eigenvalue weighted by Gasteiger charge is 2.14. The molecule has 0 aliphatic heterocycles. The number of carbonyl (C=O) groups excluding carboxylic acids is 2. The molecule has 0 heterocycles. The first kappa shape index (κ1) is 13.2. The van der Waals surface area contributed by atoms with Crippen molar-refractivity contribution >= 4 is 33.4 Å². The third-order valence-corrected chi connectivity index (χ3v) is 2.91. The zero-order valence-corrected chi connectivity index (χ0v) is 10.7. The molecule has 6 heteroatoms. The van der Waals surface area contributed by atoms with Crippen LogP contribution in [-0.4, -0.2) is 18.4 Å². The monoisotopic (exact) mass is 295 g/mol. The fraction of sp³-hybridized carbons (Fsp3) is 0.182. The van der Waals surface area contributed by atoms with Crippen molar-refractivity contribution in [1.29, 1.82) is 5.26 Å². The Labute approximate surface area is 107 Å². The lowest BCUT2D eigenvalue weighted by molar-refractivity contribution is -0.136. The van der Waals surface area contributed by atoms with Crippen molar-refractivity contribution in [2.75, 3.05) is 11.9 Å². The Bertz CT molecular complexity index is 494. The Morgan fingerprint density at radius 1 is 1.41 bits per heavy atom. The molecule has 5 nitrogen and oxygen atoms in total. The summed E-state index contributed by atoms with van der Waals surface area (Å²) in [6.07, 6.45) is 0. The van der Waals surface area contributed by atoms with Gasteiger partial charge in [-0.15, -0.1) is 0 Å². The highest BCUT2D eigenvalue weighted by molar-refractivity contribution is 9.10. The average molecular weight is 296 g/mol. The van der Waals surface area contributed by atoms with E-state index in [2.05, 4.69) is 26.6 Å². The number of amides is 2. The number of nitrogens with zero attached hydrogens (tertiary/aromatic N) is 1. The summed E-state index contributed by atoms with van der Waals surface area (Å²) in [6.45, 7) is 1.62. The number of nitriles is 1.